The van der Waals surface area contributed by atoms with Crippen molar-refractivity contribution in [1.29, 1.82) is 0 Å². The Morgan fingerprint density at radius 3 is 1.49 bits per heavy atom. The minimum absolute atomic E-state index is 0.00726. The van der Waals surface area contributed by atoms with Gasteiger partial charge in [0.25, 0.3) is 0 Å². The summed E-state index contributed by atoms with van der Waals surface area (Å²) >= 11 is 0. The van der Waals surface area contributed by atoms with Crippen molar-refractivity contribution in [3.05, 3.63) is 71.9 Å². The summed E-state index contributed by atoms with van der Waals surface area (Å²) in [4.78, 5) is 261. The SMILES string of the molecule is CC(C)C[C@H](NC(=O)[C@H](CCCCN)NC(=O)[C@H](Cc1c[nH]c2ccccc12)NC(=O)[C@H](CC(C)C)NC(=O)[C@H](CC(=O)O)NC(=O)[C@H](CO)NC(=O)[C@H](Cc1ccccc1)NC(=O)[C@@H](NC(=O)[C@H](C)NC(=O)[C@H](CCC(N)=O)NC(=O)[C@H](CO)NC(=O)[C@H](CC(C)C)NC(=O)[C@@H]1CCCN1C(=O)[C@@H]1CCCN1C(=O)[C@H](C)N)[C@@H](C)OP(=O)(O)O)C(=O)O. The van der Waals surface area contributed by atoms with E-state index in [1.54, 1.807) is 78.1 Å². The summed E-state index contributed by atoms with van der Waals surface area (Å²) in [6.07, 6.45) is -1.56. The first-order valence-electron chi connectivity index (χ1n) is 40.9. The fourth-order valence-corrected chi connectivity index (χ4v) is 14.6. The van der Waals surface area contributed by atoms with Gasteiger partial charge in [-0.25, -0.2) is 9.36 Å². The van der Waals surface area contributed by atoms with Crippen LogP contribution in [0.3, 0.4) is 0 Å². The van der Waals surface area contributed by atoms with Crippen molar-refractivity contribution in [3.8, 4) is 0 Å². The molecule has 0 saturated carbocycles. The van der Waals surface area contributed by atoms with Crippen LogP contribution in [-0.2, 0) is 103 Å². The molecule has 2 saturated heterocycles. The van der Waals surface area contributed by atoms with Gasteiger partial charge in [0.05, 0.1) is 31.8 Å². The molecule has 0 spiro atoms. The van der Waals surface area contributed by atoms with Gasteiger partial charge < -0.3 is 126 Å². The first-order chi connectivity index (χ1) is 57.9. The lowest BCUT2D eigenvalue weighted by molar-refractivity contribution is -0.147. The number of benzene rings is 2. The number of H-pyrrole nitrogens is 1. The summed E-state index contributed by atoms with van der Waals surface area (Å²) in [6, 6.07) is -9.32. The Bertz CT molecular complexity index is 4240. The van der Waals surface area contributed by atoms with Gasteiger partial charge in [-0.05, 0) is 133 Å². The highest BCUT2D eigenvalue weighted by Gasteiger charge is 2.45. The number of carbonyl (C=O) groups excluding carboxylic acids is 15. The van der Waals surface area contributed by atoms with E-state index in [0.717, 1.165) is 13.8 Å². The number of carbonyl (C=O) groups is 17. The average molecular weight is 1750 g/mol. The molecule has 25 N–H and O–H groups in total. The number of nitrogens with one attached hydrogen (secondary N) is 13. The predicted molar refractivity (Wildman–Crippen MR) is 440 cm³/mol. The Kier molecular flexibility index (Phi) is 41.1. The molecule has 0 aliphatic carbocycles. The van der Waals surface area contributed by atoms with E-state index >= 15 is 0 Å². The molecule has 16 atom stereocenters. The average Bonchev–Trinajstić information content (AvgIpc) is 1.68. The number of carboxylic acids is 2. The molecule has 682 valence electrons. The number of nitrogens with zero attached hydrogens (tertiary/aromatic N) is 2. The predicted octanol–water partition coefficient (Wildman–Crippen LogP) is -4.31. The van der Waals surface area contributed by atoms with E-state index in [0.29, 0.717) is 54.1 Å². The van der Waals surface area contributed by atoms with Crippen LogP contribution in [0.25, 0.3) is 10.9 Å². The van der Waals surface area contributed by atoms with Crippen LogP contribution in [0.5, 0.6) is 0 Å². The van der Waals surface area contributed by atoms with E-state index in [9.17, 15) is 116 Å². The molecule has 43 nitrogen and oxygen atoms in total. The molecule has 2 aliphatic rings. The number of aliphatic hydroxyl groups is 2. The van der Waals surface area contributed by atoms with Crippen LogP contribution >= 0.6 is 7.82 Å². The zero-order valence-corrected chi connectivity index (χ0v) is 71.3. The Labute approximate surface area is 710 Å². The number of aliphatic hydroxyl groups excluding tert-OH is 2. The molecule has 1 aromatic heterocycles. The minimum Gasteiger partial charge on any atom is -0.481 e. The third-order valence-electron chi connectivity index (χ3n) is 20.3. The number of aliphatic carboxylic acids is 2. The second-order valence-corrected chi connectivity index (χ2v) is 33.2. The first-order valence-corrected chi connectivity index (χ1v) is 42.4. The number of hydrogen-bond acceptors (Lipinski definition) is 23. The zero-order valence-electron chi connectivity index (χ0n) is 70.4. The summed E-state index contributed by atoms with van der Waals surface area (Å²) in [5, 5.41) is 70.6. The van der Waals surface area contributed by atoms with Gasteiger partial charge in [-0.3, -0.25) is 81.2 Å². The van der Waals surface area contributed by atoms with Gasteiger partial charge in [0.1, 0.15) is 84.6 Å². The standard InChI is InChI=1S/C79H121N18O25P/c1-40(2)31-52(68(106)88-55(35-47-37-83-49-22-14-13-21-48(47)49)71(109)85-50(23-15-16-28-80)67(105)92-57(79(117)118)33-42(5)6)87-72(110)56(36-63(101)102)89-74(112)59(39-99)94-70(108)54(34-46-19-11-10-12-20-46)91-76(114)64(45(9)122-123(119,120)121)95-65(103)44(8)84-66(104)51(26-27-62(82)100)86-73(111)58(38-98)93-69(107)53(32-41(3)4)90-75(113)60-24-17-29-96(60)78(116)61-25-18-30-97(61)77(115)43(7)81/h10-14,19-22,37,40-45,50-61,64,83,98-99H,15-18,23-36,38-39,80-81H2,1-9H3,(H2,82,100)(H,84,104)(H,85,109)(H,86,111)(H,87,110)(H,88,106)(H,89,112)(H,90,113)(H,91,114)(H,92,105)(H,93,107)(H,94,108)(H,95,103)(H,101,102)(H,117,118)(H2,119,120,121)/t43-,44-,45+,50-,51-,52-,53-,54-,55-,56-,57-,58-,59-,60-,61-,64-/m0/s1. The smallest absolute Gasteiger partial charge is 0.469 e. The third kappa shape index (κ3) is 32.9. The number of fused-ring (bicyclic) bond motifs is 1. The van der Waals surface area contributed by atoms with Gasteiger partial charge >= 0.3 is 19.8 Å². The molecular formula is C79H121N18O25P. The molecule has 2 aromatic carbocycles. The van der Waals surface area contributed by atoms with Gasteiger partial charge in [0.15, 0.2) is 0 Å². The summed E-state index contributed by atoms with van der Waals surface area (Å²) in [5.74, 6) is -19.5. The van der Waals surface area contributed by atoms with Gasteiger partial charge in [-0.15, -0.1) is 0 Å². The molecule has 2 fully saturated rings. The number of carboxylic acid groups (broad SMARTS) is 2. The summed E-state index contributed by atoms with van der Waals surface area (Å²) in [5.41, 5.74) is 18.5. The van der Waals surface area contributed by atoms with Crippen molar-refractivity contribution in [3.63, 3.8) is 0 Å². The molecule has 15 amide bonds. The summed E-state index contributed by atoms with van der Waals surface area (Å²) in [7, 11) is -5.59. The molecule has 5 rings (SSSR count). The largest absolute Gasteiger partial charge is 0.481 e. The quantitative estimate of drug-likeness (QED) is 0.0188. The summed E-state index contributed by atoms with van der Waals surface area (Å²) < 4.78 is 17.2. The van der Waals surface area contributed by atoms with E-state index in [4.69, 9.17) is 21.7 Å². The van der Waals surface area contributed by atoms with Crippen LogP contribution < -0.4 is 81.0 Å². The highest BCUT2D eigenvalue weighted by molar-refractivity contribution is 7.46. The maximum Gasteiger partial charge on any atom is 0.469 e. The highest BCUT2D eigenvalue weighted by Crippen LogP contribution is 2.38. The maximum absolute atomic E-state index is 14.7. The van der Waals surface area contributed by atoms with Gasteiger partial charge in [-0.1, -0.05) is 90.1 Å². The molecule has 2 aliphatic heterocycles. The lowest BCUT2D eigenvalue weighted by Gasteiger charge is -2.32. The number of rotatable bonds is 51. The normalized spacial score (nSPS) is 17.4. The van der Waals surface area contributed by atoms with Crippen LogP contribution in [0, 0.1) is 17.8 Å². The second kappa shape index (κ2) is 49.3. The number of aromatic amines is 1. The first kappa shape index (κ1) is 102. The molecule has 3 heterocycles. The van der Waals surface area contributed by atoms with Crippen molar-refractivity contribution in [2.45, 2.75) is 255 Å². The number of unbranched alkanes of at least 4 members (excludes halogenated alkanes) is 1. The molecule has 0 unspecified atom stereocenters. The molecule has 123 heavy (non-hydrogen) atoms. The number of likely N-dealkylation sites (tertiary alicyclic amines) is 2. The van der Waals surface area contributed by atoms with Crippen LogP contribution in [0.15, 0.2) is 60.8 Å². The number of amides is 15. The molecule has 0 radical (unpaired) electrons. The number of nitrogens with two attached hydrogens (primary N) is 3. The molecule has 44 heteroatoms. The lowest BCUT2D eigenvalue weighted by atomic mass is 9.99. The molecule has 0 bridgehead atoms. The van der Waals surface area contributed by atoms with Crippen molar-refractivity contribution >= 4 is 119 Å². The van der Waals surface area contributed by atoms with E-state index < -0.39 is 250 Å². The van der Waals surface area contributed by atoms with Crippen molar-refractivity contribution in [2.24, 2.45) is 35.0 Å². The topological polar surface area (TPSA) is 683 Å². The van der Waals surface area contributed by atoms with Crippen LogP contribution in [0.2, 0.25) is 0 Å². The van der Waals surface area contributed by atoms with E-state index in [-0.39, 0.29) is 70.0 Å². The van der Waals surface area contributed by atoms with Gasteiger partial charge in [0.2, 0.25) is 88.6 Å². The Morgan fingerprint density at radius 2 is 0.951 bits per heavy atom. The summed E-state index contributed by atoms with van der Waals surface area (Å²) in [6.45, 7) is 12.0. The van der Waals surface area contributed by atoms with Gasteiger partial charge in [-0.2, -0.15) is 0 Å². The Morgan fingerprint density at radius 1 is 0.504 bits per heavy atom. The van der Waals surface area contributed by atoms with Gasteiger partial charge in [0, 0.05) is 49.5 Å². The number of primary amides is 1. The number of aromatic nitrogens is 1. The van der Waals surface area contributed by atoms with E-state index in [1.165, 1.54) is 41.0 Å². The third-order valence-corrected chi connectivity index (χ3v) is 20.9. The number of hydrogen-bond donors (Lipinski definition) is 22. The second-order valence-electron chi connectivity index (χ2n) is 32.0. The van der Waals surface area contributed by atoms with Crippen LogP contribution in [0.4, 0.5) is 0 Å². The molecule has 3 aromatic rings. The van der Waals surface area contributed by atoms with Crippen LogP contribution in [0.1, 0.15) is 157 Å². The maximum atomic E-state index is 14.7. The number of para-hydroxylation sites is 1. The Hall–Kier alpha value is -11.1. The monoisotopic (exact) mass is 1750 g/mol. The Balaban J connectivity index is 1.34. The minimum atomic E-state index is -5.59. The lowest BCUT2D eigenvalue weighted by Crippen LogP contribution is -2.62. The van der Waals surface area contributed by atoms with E-state index in [2.05, 4.69) is 68.8 Å². The number of phosphoric acid groups is 1. The van der Waals surface area contributed by atoms with Crippen molar-refractivity contribution in [1.82, 2.24) is 78.6 Å². The highest BCUT2D eigenvalue weighted by atomic mass is 31.2. The van der Waals surface area contributed by atoms with Crippen molar-refractivity contribution < 1.29 is 121 Å². The number of phosphoric ester groups is 1. The fraction of sp³-hybridized carbons (Fsp3) is 0.608. The fourth-order valence-electron chi connectivity index (χ4n) is 14.1. The van der Waals surface area contributed by atoms with Crippen LogP contribution in [-0.4, -0.2) is 275 Å². The zero-order chi connectivity index (χ0) is 91.9. The molecular weight excluding hydrogens is 1630 g/mol. The van der Waals surface area contributed by atoms with Crippen molar-refractivity contribution in [2.75, 3.05) is 32.8 Å². The van der Waals surface area contributed by atoms with E-state index in [1.807, 2.05) is 0 Å².